The first-order valence-electron chi connectivity index (χ1n) is 12.0. The quantitative estimate of drug-likeness (QED) is 0.293. The van der Waals surface area contributed by atoms with Crippen LogP contribution >= 0.6 is 0 Å². The lowest BCUT2D eigenvalue weighted by atomic mass is 10.1. The average molecular weight is 527 g/mol. The molecule has 196 valence electrons. The number of nitrogens with one attached hydrogen (secondary N) is 3. The summed E-state index contributed by atoms with van der Waals surface area (Å²) in [6.45, 7) is 2.89. The first-order valence-corrected chi connectivity index (χ1v) is 13.7. The predicted molar refractivity (Wildman–Crippen MR) is 138 cm³/mol. The first-order chi connectivity index (χ1) is 17.7. The maximum Gasteiger partial charge on any atom is 0.323 e. The third-order valence-corrected chi connectivity index (χ3v) is 7.37. The molecule has 0 bridgehead atoms. The fraction of sp³-hybridized carbons (Fsp3) is 0.360. The van der Waals surface area contributed by atoms with E-state index in [0.29, 0.717) is 18.5 Å². The van der Waals surface area contributed by atoms with Crippen molar-refractivity contribution in [1.29, 1.82) is 0 Å². The van der Waals surface area contributed by atoms with E-state index < -0.39 is 34.5 Å². The van der Waals surface area contributed by atoms with E-state index in [4.69, 9.17) is 0 Å². The maximum absolute atomic E-state index is 12.6. The molecule has 4 N–H and O–H groups in total. The van der Waals surface area contributed by atoms with Gasteiger partial charge in [-0.3, -0.25) is 14.3 Å². The lowest BCUT2D eigenvalue weighted by Crippen LogP contribution is -2.48. The molecule has 0 radical (unpaired) electrons. The number of anilines is 1. The van der Waals surface area contributed by atoms with E-state index in [9.17, 15) is 23.1 Å². The minimum Gasteiger partial charge on any atom is -0.480 e. The van der Waals surface area contributed by atoms with Gasteiger partial charge in [-0.15, -0.1) is 0 Å². The van der Waals surface area contributed by atoms with Crippen LogP contribution in [0.2, 0.25) is 0 Å². The lowest BCUT2D eigenvalue weighted by Gasteiger charge is -2.17. The number of carboxylic acids is 1. The number of hydrogen-bond acceptors (Lipinski definition) is 7. The number of carbonyl (C=O) groups is 2. The van der Waals surface area contributed by atoms with Crippen LogP contribution in [0.3, 0.4) is 0 Å². The van der Waals surface area contributed by atoms with Gasteiger partial charge in [0.25, 0.3) is 5.91 Å². The zero-order valence-electron chi connectivity index (χ0n) is 20.5. The van der Waals surface area contributed by atoms with Crippen LogP contribution in [0.1, 0.15) is 39.2 Å². The zero-order valence-corrected chi connectivity index (χ0v) is 21.3. The molecule has 0 saturated carbocycles. The maximum atomic E-state index is 12.6. The van der Waals surface area contributed by atoms with Gasteiger partial charge in [0.1, 0.15) is 11.9 Å². The summed E-state index contributed by atoms with van der Waals surface area (Å²) in [4.78, 5) is 28.8. The molecule has 1 aromatic carbocycles. The Hall–Kier alpha value is -3.77. The number of pyridine rings is 1. The van der Waals surface area contributed by atoms with Crippen LogP contribution in [0.4, 0.5) is 5.82 Å². The lowest BCUT2D eigenvalue weighted by molar-refractivity contribution is -0.138. The van der Waals surface area contributed by atoms with Crippen molar-refractivity contribution in [2.75, 3.05) is 18.4 Å². The van der Waals surface area contributed by atoms with Crippen molar-refractivity contribution < 1.29 is 23.1 Å². The van der Waals surface area contributed by atoms with E-state index in [0.717, 1.165) is 36.5 Å². The number of hydrogen-bond donors (Lipinski definition) is 4. The van der Waals surface area contributed by atoms with Crippen molar-refractivity contribution in [1.82, 2.24) is 24.8 Å². The second-order valence-corrected chi connectivity index (χ2v) is 10.8. The largest absolute Gasteiger partial charge is 0.480 e. The van der Waals surface area contributed by atoms with Crippen LogP contribution in [0.25, 0.3) is 0 Å². The molecule has 1 atom stereocenters. The van der Waals surface area contributed by atoms with Crippen molar-refractivity contribution in [2.45, 2.75) is 44.5 Å². The van der Waals surface area contributed by atoms with E-state index in [1.807, 2.05) is 13.0 Å². The van der Waals surface area contributed by atoms with E-state index >= 15 is 0 Å². The van der Waals surface area contributed by atoms with Gasteiger partial charge in [-0.25, -0.2) is 13.4 Å². The van der Waals surface area contributed by atoms with Gasteiger partial charge < -0.3 is 15.7 Å². The number of carbonyl (C=O) groups excluding carboxylic acids is 1. The summed E-state index contributed by atoms with van der Waals surface area (Å²) in [6, 6.07) is 9.46. The number of rotatable bonds is 11. The number of aliphatic carboxylic acids is 1. The summed E-state index contributed by atoms with van der Waals surface area (Å²) < 4.78 is 28.7. The number of aryl methyl sites for hydroxylation is 4. The summed E-state index contributed by atoms with van der Waals surface area (Å²) in [5.74, 6) is -1.39. The SMILES string of the molecule is Cc1ccc(CS(=O)(=O)NC(CNC(=O)c2cnn(CCc3ccc4c(n3)NCCC4)c2)C(=O)O)cc1. The second kappa shape index (κ2) is 11.5. The molecule has 1 amide bonds. The van der Waals surface area contributed by atoms with E-state index in [-0.39, 0.29) is 11.3 Å². The molecule has 2 aromatic heterocycles. The Morgan fingerprint density at radius 1 is 1.19 bits per heavy atom. The van der Waals surface area contributed by atoms with Gasteiger partial charge in [-0.2, -0.15) is 9.82 Å². The summed E-state index contributed by atoms with van der Waals surface area (Å²) in [6.07, 6.45) is 5.68. The standard InChI is InChI=1S/C25H30N6O5S/c1-17-4-6-18(7-5-17)16-37(35,36)30-22(25(33)34)14-27-24(32)20-13-28-31(15-20)12-10-21-9-8-19-3-2-11-26-23(19)29-21/h4-9,13,15,22,30H,2-3,10-12,14,16H2,1H3,(H,26,29)(H,27,32)(H,33,34). The Balaban J connectivity index is 1.29. The van der Waals surface area contributed by atoms with Crippen LogP contribution in [-0.2, 0) is 40.0 Å². The highest BCUT2D eigenvalue weighted by atomic mass is 32.2. The van der Waals surface area contributed by atoms with Gasteiger partial charge in [0.2, 0.25) is 10.0 Å². The molecule has 1 aliphatic rings. The van der Waals surface area contributed by atoms with Gasteiger partial charge >= 0.3 is 5.97 Å². The molecule has 1 aliphatic heterocycles. The summed E-state index contributed by atoms with van der Waals surface area (Å²) >= 11 is 0. The molecule has 3 heterocycles. The van der Waals surface area contributed by atoms with Crippen LogP contribution in [0, 0.1) is 6.92 Å². The van der Waals surface area contributed by atoms with Gasteiger partial charge in [0.05, 0.1) is 17.5 Å². The summed E-state index contributed by atoms with van der Waals surface area (Å²) in [7, 11) is -3.95. The van der Waals surface area contributed by atoms with Crippen LogP contribution in [-0.4, -0.2) is 59.3 Å². The molecule has 4 rings (SSSR count). The van der Waals surface area contributed by atoms with Crippen molar-refractivity contribution in [3.63, 3.8) is 0 Å². The second-order valence-electron chi connectivity index (χ2n) is 9.05. The third-order valence-electron chi connectivity index (χ3n) is 6.01. The van der Waals surface area contributed by atoms with Crippen molar-refractivity contribution in [2.24, 2.45) is 0 Å². The average Bonchev–Trinajstić information content (AvgIpc) is 3.35. The van der Waals surface area contributed by atoms with Crippen molar-refractivity contribution in [3.05, 3.63) is 76.7 Å². The molecule has 0 fully saturated rings. The number of aromatic nitrogens is 3. The van der Waals surface area contributed by atoms with Gasteiger partial charge in [0.15, 0.2) is 0 Å². The molecule has 37 heavy (non-hydrogen) atoms. The summed E-state index contributed by atoms with van der Waals surface area (Å²) in [5, 5.41) is 19.5. The molecule has 0 aliphatic carbocycles. The number of fused-ring (bicyclic) bond motifs is 1. The number of carboxylic acid groups (broad SMARTS) is 1. The number of sulfonamides is 1. The molecular formula is C25H30N6O5S. The smallest absolute Gasteiger partial charge is 0.323 e. The van der Waals surface area contributed by atoms with Crippen LogP contribution in [0.15, 0.2) is 48.8 Å². The monoisotopic (exact) mass is 526 g/mol. The van der Waals surface area contributed by atoms with Crippen molar-refractivity contribution in [3.8, 4) is 0 Å². The Labute approximate surface area is 215 Å². The highest BCUT2D eigenvalue weighted by Crippen LogP contribution is 2.20. The van der Waals surface area contributed by atoms with Crippen LogP contribution < -0.4 is 15.4 Å². The highest BCUT2D eigenvalue weighted by molar-refractivity contribution is 7.88. The number of amides is 1. The van der Waals surface area contributed by atoms with Crippen LogP contribution in [0.5, 0.6) is 0 Å². The van der Waals surface area contributed by atoms with E-state index in [2.05, 4.69) is 31.5 Å². The molecule has 11 nitrogen and oxygen atoms in total. The minimum atomic E-state index is -3.95. The van der Waals surface area contributed by atoms with E-state index in [1.165, 1.54) is 11.8 Å². The fourth-order valence-corrected chi connectivity index (χ4v) is 5.31. The molecule has 0 saturated heterocycles. The minimum absolute atomic E-state index is 0.242. The predicted octanol–water partition coefficient (Wildman–Crippen LogP) is 1.49. The van der Waals surface area contributed by atoms with Gasteiger partial charge in [0, 0.05) is 37.9 Å². The Bertz CT molecular complexity index is 1370. The molecular weight excluding hydrogens is 496 g/mol. The Morgan fingerprint density at radius 2 is 1.97 bits per heavy atom. The van der Waals surface area contributed by atoms with Gasteiger partial charge in [-0.05, 0) is 37.0 Å². The number of nitrogens with zero attached hydrogens (tertiary/aromatic N) is 3. The Morgan fingerprint density at radius 3 is 2.73 bits per heavy atom. The highest BCUT2D eigenvalue weighted by Gasteiger charge is 2.25. The third kappa shape index (κ3) is 7.37. The molecule has 0 spiro atoms. The zero-order chi connectivity index (χ0) is 26.4. The number of benzene rings is 1. The molecule has 1 unspecified atom stereocenters. The normalized spacial score (nSPS) is 13.9. The van der Waals surface area contributed by atoms with E-state index in [1.54, 1.807) is 35.1 Å². The van der Waals surface area contributed by atoms with Crippen molar-refractivity contribution >= 4 is 27.7 Å². The topological polar surface area (TPSA) is 155 Å². The molecule has 12 heteroatoms. The fourth-order valence-electron chi connectivity index (χ4n) is 3.98. The molecule has 3 aromatic rings. The van der Waals surface area contributed by atoms with Gasteiger partial charge in [-0.1, -0.05) is 35.9 Å². The summed E-state index contributed by atoms with van der Waals surface area (Å²) in [5.41, 5.74) is 3.88. The first kappa shape index (κ1) is 26.3. The Kier molecular flexibility index (Phi) is 8.19.